The molecule has 7 heteroatoms. The Labute approximate surface area is 148 Å². The molecule has 0 aliphatic rings. The number of carbonyl (C=O) groups excluding carboxylic acids is 1. The number of anilines is 1. The number of rotatable bonds is 8. The molecule has 0 spiro atoms. The zero-order valence-corrected chi connectivity index (χ0v) is 15.1. The van der Waals surface area contributed by atoms with Crippen LogP contribution in [0.4, 0.5) is 5.69 Å². The van der Waals surface area contributed by atoms with Gasteiger partial charge >= 0.3 is 0 Å². The summed E-state index contributed by atoms with van der Waals surface area (Å²) in [5.74, 6) is 0.249. The second kappa shape index (κ2) is 8.64. The molecule has 0 unspecified atom stereocenters. The van der Waals surface area contributed by atoms with Gasteiger partial charge in [0.05, 0.1) is 17.2 Å². The first kappa shape index (κ1) is 19.0. The van der Waals surface area contributed by atoms with E-state index >= 15 is 0 Å². The summed E-state index contributed by atoms with van der Waals surface area (Å²) in [5, 5.41) is 2.78. The number of para-hydroxylation sites is 2. The Morgan fingerprint density at radius 3 is 2.36 bits per heavy atom. The molecule has 2 aromatic rings. The van der Waals surface area contributed by atoms with Gasteiger partial charge in [-0.2, -0.15) is 0 Å². The van der Waals surface area contributed by atoms with Crippen LogP contribution >= 0.6 is 0 Å². The molecule has 6 nitrogen and oxygen atoms in total. The van der Waals surface area contributed by atoms with E-state index in [2.05, 4.69) is 10.0 Å². The van der Waals surface area contributed by atoms with Crippen molar-refractivity contribution in [3.8, 4) is 5.75 Å². The summed E-state index contributed by atoms with van der Waals surface area (Å²) in [6.07, 6.45) is 0.707. The highest BCUT2D eigenvalue weighted by Crippen LogP contribution is 2.24. The van der Waals surface area contributed by atoms with Gasteiger partial charge in [0.2, 0.25) is 10.0 Å². The smallest absolute Gasteiger partial charge is 0.255 e. The Morgan fingerprint density at radius 2 is 1.72 bits per heavy atom. The lowest BCUT2D eigenvalue weighted by molar-refractivity contribution is 0.102. The van der Waals surface area contributed by atoms with Gasteiger partial charge in [-0.15, -0.1) is 0 Å². The highest BCUT2D eigenvalue weighted by Gasteiger charge is 2.15. The van der Waals surface area contributed by atoms with Crippen molar-refractivity contribution in [2.75, 3.05) is 18.5 Å². The molecular formula is C18H22N2O4S. The van der Waals surface area contributed by atoms with Gasteiger partial charge in [-0.3, -0.25) is 4.79 Å². The number of carbonyl (C=O) groups is 1. The van der Waals surface area contributed by atoms with Gasteiger partial charge in [0, 0.05) is 12.1 Å². The lowest BCUT2D eigenvalue weighted by Gasteiger charge is -2.11. The van der Waals surface area contributed by atoms with Crippen molar-refractivity contribution in [3.63, 3.8) is 0 Å². The van der Waals surface area contributed by atoms with E-state index < -0.39 is 10.0 Å². The molecule has 0 atom stereocenters. The van der Waals surface area contributed by atoms with Crippen LogP contribution in [-0.2, 0) is 10.0 Å². The molecule has 0 aliphatic carbocycles. The average Bonchev–Trinajstić information content (AvgIpc) is 2.62. The maximum absolute atomic E-state index is 12.4. The molecular weight excluding hydrogens is 340 g/mol. The number of nitrogens with one attached hydrogen (secondary N) is 2. The quantitative estimate of drug-likeness (QED) is 0.756. The molecule has 0 fully saturated rings. The zero-order valence-electron chi connectivity index (χ0n) is 14.3. The first-order chi connectivity index (χ1) is 12.0. The molecule has 2 N–H and O–H groups in total. The minimum atomic E-state index is -3.54. The first-order valence-corrected chi connectivity index (χ1v) is 9.59. The van der Waals surface area contributed by atoms with Gasteiger partial charge in [0.1, 0.15) is 5.75 Å². The van der Waals surface area contributed by atoms with Gasteiger partial charge in [0.25, 0.3) is 5.91 Å². The largest absolute Gasteiger partial charge is 0.492 e. The molecule has 1 amide bonds. The lowest BCUT2D eigenvalue weighted by atomic mass is 10.2. The van der Waals surface area contributed by atoms with Gasteiger partial charge in [0.15, 0.2) is 0 Å². The third-order valence-electron chi connectivity index (χ3n) is 3.40. The lowest BCUT2D eigenvalue weighted by Crippen LogP contribution is -2.24. The summed E-state index contributed by atoms with van der Waals surface area (Å²) in [7, 11) is -3.54. The Bertz CT molecular complexity index is 817. The number of hydrogen-bond acceptors (Lipinski definition) is 4. The third-order valence-corrected chi connectivity index (χ3v) is 4.88. The Morgan fingerprint density at radius 1 is 1.04 bits per heavy atom. The van der Waals surface area contributed by atoms with Crippen molar-refractivity contribution >= 4 is 21.6 Å². The van der Waals surface area contributed by atoms with Gasteiger partial charge < -0.3 is 10.1 Å². The molecule has 0 aliphatic heterocycles. The van der Waals surface area contributed by atoms with Gasteiger partial charge in [-0.05, 0) is 49.7 Å². The van der Waals surface area contributed by atoms with E-state index in [1.807, 2.05) is 19.9 Å². The van der Waals surface area contributed by atoms with Crippen LogP contribution in [0.5, 0.6) is 5.75 Å². The van der Waals surface area contributed by atoms with Crippen molar-refractivity contribution in [2.45, 2.75) is 25.2 Å². The van der Waals surface area contributed by atoms with Crippen molar-refractivity contribution in [2.24, 2.45) is 0 Å². The van der Waals surface area contributed by atoms with Crippen LogP contribution in [0.2, 0.25) is 0 Å². The predicted molar refractivity (Wildman–Crippen MR) is 97.5 cm³/mol. The number of hydrogen-bond donors (Lipinski definition) is 2. The zero-order chi connectivity index (χ0) is 18.3. The fourth-order valence-electron chi connectivity index (χ4n) is 2.15. The second-order valence-corrected chi connectivity index (χ2v) is 7.07. The van der Waals surface area contributed by atoms with Crippen LogP contribution in [-0.4, -0.2) is 27.5 Å². The molecule has 0 radical (unpaired) electrons. The van der Waals surface area contributed by atoms with Gasteiger partial charge in [-0.1, -0.05) is 19.1 Å². The fourth-order valence-corrected chi connectivity index (χ4v) is 3.28. The van der Waals surface area contributed by atoms with Crippen molar-refractivity contribution in [3.05, 3.63) is 54.1 Å². The number of amides is 1. The Hall–Kier alpha value is -2.38. The number of ether oxygens (including phenoxy) is 1. The van der Waals surface area contributed by atoms with E-state index in [9.17, 15) is 13.2 Å². The summed E-state index contributed by atoms with van der Waals surface area (Å²) in [6.45, 7) is 4.61. The van der Waals surface area contributed by atoms with Crippen molar-refractivity contribution in [1.29, 1.82) is 0 Å². The standard InChI is InChI=1S/C18H22N2O4S/c1-3-13-19-25(22,23)15-11-9-14(10-12-15)18(21)20-16-7-5-6-8-17(16)24-4-2/h5-12,19H,3-4,13H2,1-2H3,(H,20,21). The van der Waals surface area contributed by atoms with Gasteiger partial charge in [-0.25, -0.2) is 13.1 Å². The topological polar surface area (TPSA) is 84.5 Å². The number of sulfonamides is 1. The average molecular weight is 362 g/mol. The van der Waals surface area contributed by atoms with E-state index in [1.165, 1.54) is 24.3 Å². The highest BCUT2D eigenvalue weighted by atomic mass is 32.2. The van der Waals surface area contributed by atoms with E-state index in [-0.39, 0.29) is 10.8 Å². The summed E-state index contributed by atoms with van der Waals surface area (Å²) < 4.78 is 32.1. The highest BCUT2D eigenvalue weighted by molar-refractivity contribution is 7.89. The van der Waals surface area contributed by atoms with Crippen LogP contribution in [0.15, 0.2) is 53.4 Å². The summed E-state index contributed by atoms with van der Waals surface area (Å²) >= 11 is 0. The minimum absolute atomic E-state index is 0.132. The molecule has 0 heterocycles. The number of benzene rings is 2. The predicted octanol–water partition coefficient (Wildman–Crippen LogP) is 3.03. The second-order valence-electron chi connectivity index (χ2n) is 5.31. The van der Waals surface area contributed by atoms with E-state index in [0.29, 0.717) is 36.6 Å². The molecule has 2 aromatic carbocycles. The van der Waals surface area contributed by atoms with Crippen LogP contribution in [0.3, 0.4) is 0 Å². The van der Waals surface area contributed by atoms with Crippen LogP contribution in [0.1, 0.15) is 30.6 Å². The van der Waals surface area contributed by atoms with Crippen LogP contribution < -0.4 is 14.8 Å². The molecule has 0 aromatic heterocycles. The fraction of sp³-hybridized carbons (Fsp3) is 0.278. The monoisotopic (exact) mass is 362 g/mol. The van der Waals surface area contributed by atoms with Crippen LogP contribution in [0, 0.1) is 0 Å². The normalized spacial score (nSPS) is 11.1. The molecule has 2 rings (SSSR count). The molecule has 0 saturated heterocycles. The molecule has 0 bridgehead atoms. The molecule has 0 saturated carbocycles. The van der Waals surface area contributed by atoms with E-state index in [0.717, 1.165) is 0 Å². The van der Waals surface area contributed by atoms with E-state index in [4.69, 9.17) is 4.74 Å². The Kier molecular flexibility index (Phi) is 6.55. The maximum Gasteiger partial charge on any atom is 0.255 e. The molecule has 25 heavy (non-hydrogen) atoms. The van der Waals surface area contributed by atoms with Crippen molar-refractivity contribution < 1.29 is 17.9 Å². The van der Waals surface area contributed by atoms with E-state index in [1.54, 1.807) is 18.2 Å². The summed E-state index contributed by atoms with van der Waals surface area (Å²) in [5.41, 5.74) is 0.927. The first-order valence-electron chi connectivity index (χ1n) is 8.10. The molecule has 134 valence electrons. The SMILES string of the molecule is CCCNS(=O)(=O)c1ccc(C(=O)Nc2ccccc2OCC)cc1. The summed E-state index contributed by atoms with van der Waals surface area (Å²) in [6, 6.07) is 12.9. The van der Waals surface area contributed by atoms with Crippen molar-refractivity contribution in [1.82, 2.24) is 4.72 Å². The Balaban J connectivity index is 2.13. The maximum atomic E-state index is 12.4. The van der Waals surface area contributed by atoms with Crippen LogP contribution in [0.25, 0.3) is 0 Å². The summed E-state index contributed by atoms with van der Waals surface area (Å²) in [4.78, 5) is 12.5. The minimum Gasteiger partial charge on any atom is -0.492 e. The third kappa shape index (κ3) is 5.04.